The number of nitrogens with one attached hydrogen (secondary N) is 1. The zero-order valence-electron chi connectivity index (χ0n) is 14.2. The van der Waals surface area contributed by atoms with Crippen LogP contribution in [-0.2, 0) is 9.47 Å². The third-order valence-electron chi connectivity index (χ3n) is 4.73. The van der Waals surface area contributed by atoms with Gasteiger partial charge < -0.3 is 14.5 Å². The molecule has 1 N–H and O–H groups in total. The highest BCUT2D eigenvalue weighted by Crippen LogP contribution is 2.32. The first-order chi connectivity index (χ1) is 12.2. The molecule has 0 amide bonds. The van der Waals surface area contributed by atoms with Crippen LogP contribution in [0.1, 0.15) is 25.0 Å². The van der Waals surface area contributed by atoms with Gasteiger partial charge in [-0.3, -0.25) is 0 Å². The van der Waals surface area contributed by atoms with Crippen molar-refractivity contribution in [3.63, 3.8) is 0 Å². The first kappa shape index (κ1) is 14.5. The molecule has 0 saturated heterocycles. The summed E-state index contributed by atoms with van der Waals surface area (Å²) in [6.07, 6.45) is 0. The summed E-state index contributed by atoms with van der Waals surface area (Å²) in [4.78, 5) is 12.8. The van der Waals surface area contributed by atoms with Crippen LogP contribution in [0, 0.1) is 0 Å². The van der Waals surface area contributed by atoms with E-state index in [1.165, 1.54) is 0 Å². The average Bonchev–Trinajstić information content (AvgIpc) is 3.32. The van der Waals surface area contributed by atoms with Crippen molar-refractivity contribution in [2.45, 2.75) is 25.9 Å². The van der Waals surface area contributed by atoms with Crippen LogP contribution in [-0.4, -0.2) is 42.1 Å². The fourth-order valence-electron chi connectivity index (χ4n) is 3.55. The molecule has 0 fully saturated rings. The van der Waals surface area contributed by atoms with Crippen LogP contribution in [0.25, 0.3) is 21.8 Å². The maximum absolute atomic E-state index is 5.78. The quantitative estimate of drug-likeness (QED) is 0.778. The molecule has 2 aromatic carbocycles. The highest BCUT2D eigenvalue weighted by molar-refractivity contribution is 6.19. The Bertz CT molecular complexity index is 965. The first-order valence-corrected chi connectivity index (χ1v) is 8.66. The number of hydrogen-bond acceptors (Lipinski definition) is 4. The Labute approximate surface area is 145 Å². The van der Waals surface area contributed by atoms with Crippen molar-refractivity contribution in [2.75, 3.05) is 13.2 Å². The molecule has 0 radical (unpaired) electrons. The van der Waals surface area contributed by atoms with E-state index in [0.717, 1.165) is 32.9 Å². The van der Waals surface area contributed by atoms with Gasteiger partial charge in [0.2, 0.25) is 11.8 Å². The molecular formula is C20H19N3O2. The predicted molar refractivity (Wildman–Crippen MR) is 99.7 cm³/mol. The Morgan fingerprint density at radius 2 is 1.28 bits per heavy atom. The van der Waals surface area contributed by atoms with Crippen molar-refractivity contribution < 1.29 is 9.47 Å². The van der Waals surface area contributed by atoms with Gasteiger partial charge in [0.1, 0.15) is 13.2 Å². The summed E-state index contributed by atoms with van der Waals surface area (Å²) in [5.74, 6) is 1.43. The van der Waals surface area contributed by atoms with E-state index in [1.54, 1.807) is 0 Å². The number of benzene rings is 2. The molecule has 5 nitrogen and oxygen atoms in total. The summed E-state index contributed by atoms with van der Waals surface area (Å²) in [5.41, 5.74) is 4.10. The molecule has 5 rings (SSSR count). The summed E-state index contributed by atoms with van der Waals surface area (Å²) in [6.45, 7) is 5.40. The molecular weight excluding hydrogens is 314 g/mol. The number of fused-ring (bicyclic) bond motifs is 3. The molecule has 126 valence electrons. The van der Waals surface area contributed by atoms with E-state index in [9.17, 15) is 0 Å². The lowest BCUT2D eigenvalue weighted by molar-refractivity contribution is 0.324. The van der Waals surface area contributed by atoms with E-state index < -0.39 is 0 Å². The highest BCUT2D eigenvalue weighted by atomic mass is 16.5. The number of aromatic nitrogens is 1. The molecule has 2 atom stereocenters. The minimum absolute atomic E-state index is 0.202. The number of ether oxygens (including phenoxy) is 2. The maximum Gasteiger partial charge on any atom is 0.218 e. The van der Waals surface area contributed by atoms with Crippen LogP contribution in [0.3, 0.4) is 0 Å². The Morgan fingerprint density at radius 1 is 0.800 bits per heavy atom. The van der Waals surface area contributed by atoms with Gasteiger partial charge in [-0.25, -0.2) is 9.98 Å². The van der Waals surface area contributed by atoms with E-state index >= 15 is 0 Å². The van der Waals surface area contributed by atoms with Crippen molar-refractivity contribution in [3.05, 3.63) is 47.5 Å². The average molecular weight is 333 g/mol. The predicted octanol–water partition coefficient (Wildman–Crippen LogP) is 3.65. The molecule has 25 heavy (non-hydrogen) atoms. The molecule has 1 aromatic heterocycles. The van der Waals surface area contributed by atoms with Crippen LogP contribution in [0.4, 0.5) is 0 Å². The zero-order chi connectivity index (χ0) is 17.0. The Balaban J connectivity index is 1.76. The number of aromatic amines is 1. The van der Waals surface area contributed by atoms with Crippen LogP contribution in [0.5, 0.6) is 0 Å². The van der Waals surface area contributed by atoms with Gasteiger partial charge >= 0.3 is 0 Å². The van der Waals surface area contributed by atoms with Crippen LogP contribution >= 0.6 is 0 Å². The zero-order valence-corrected chi connectivity index (χ0v) is 14.2. The Morgan fingerprint density at radius 3 is 1.68 bits per heavy atom. The summed E-state index contributed by atoms with van der Waals surface area (Å²) in [5, 5.41) is 2.32. The SMILES string of the molecule is C[C@H]1COC(c2cccc3c2[nH]c2c(C4=N[C@@H](C)CO4)cccc23)=N1. The summed E-state index contributed by atoms with van der Waals surface area (Å²) >= 11 is 0. The van der Waals surface area contributed by atoms with E-state index in [1.807, 2.05) is 0 Å². The summed E-state index contributed by atoms with van der Waals surface area (Å²) < 4.78 is 11.6. The van der Waals surface area contributed by atoms with Gasteiger partial charge in [0.15, 0.2) is 0 Å². The van der Waals surface area contributed by atoms with Gasteiger partial charge in [-0.15, -0.1) is 0 Å². The van der Waals surface area contributed by atoms with Crippen molar-refractivity contribution >= 4 is 33.6 Å². The fraction of sp³-hybridized carbons (Fsp3) is 0.300. The monoisotopic (exact) mass is 333 g/mol. The number of rotatable bonds is 2. The van der Waals surface area contributed by atoms with E-state index in [2.05, 4.69) is 65.2 Å². The first-order valence-electron chi connectivity index (χ1n) is 8.66. The number of para-hydroxylation sites is 2. The van der Waals surface area contributed by atoms with E-state index in [-0.39, 0.29) is 12.1 Å². The highest BCUT2D eigenvalue weighted by Gasteiger charge is 2.22. The lowest BCUT2D eigenvalue weighted by Gasteiger charge is -2.03. The van der Waals surface area contributed by atoms with Gasteiger partial charge in [-0.1, -0.05) is 24.3 Å². The van der Waals surface area contributed by atoms with Crippen molar-refractivity contribution in [3.8, 4) is 0 Å². The largest absolute Gasteiger partial charge is 0.475 e. The van der Waals surface area contributed by atoms with Gasteiger partial charge in [0.05, 0.1) is 34.2 Å². The number of aliphatic imine (C=N–C) groups is 2. The number of nitrogens with zero attached hydrogens (tertiary/aromatic N) is 2. The van der Waals surface area contributed by atoms with Crippen molar-refractivity contribution in [1.82, 2.24) is 4.98 Å². The molecule has 5 heteroatoms. The second-order valence-corrected chi connectivity index (χ2v) is 6.77. The molecule has 0 aliphatic carbocycles. The summed E-state index contributed by atoms with van der Waals surface area (Å²) in [6, 6.07) is 12.9. The van der Waals surface area contributed by atoms with Crippen molar-refractivity contribution in [2.24, 2.45) is 9.98 Å². The van der Waals surface area contributed by atoms with Crippen LogP contribution in [0.15, 0.2) is 46.4 Å². The van der Waals surface area contributed by atoms with Crippen LogP contribution < -0.4 is 0 Å². The molecule has 3 aromatic rings. The second-order valence-electron chi connectivity index (χ2n) is 6.77. The molecule has 0 unspecified atom stereocenters. The minimum Gasteiger partial charge on any atom is -0.475 e. The Hall–Kier alpha value is -2.82. The molecule has 2 aliphatic heterocycles. The molecule has 2 aliphatic rings. The summed E-state index contributed by atoms with van der Waals surface area (Å²) in [7, 11) is 0. The van der Waals surface area contributed by atoms with Crippen LogP contribution in [0.2, 0.25) is 0 Å². The third kappa shape index (κ3) is 2.22. The minimum atomic E-state index is 0.202. The lowest BCUT2D eigenvalue weighted by Crippen LogP contribution is -2.03. The van der Waals surface area contributed by atoms with E-state index in [0.29, 0.717) is 25.0 Å². The van der Waals surface area contributed by atoms with Crippen molar-refractivity contribution in [1.29, 1.82) is 0 Å². The Kier molecular flexibility index (Phi) is 3.10. The number of hydrogen-bond donors (Lipinski definition) is 1. The standard InChI is InChI=1S/C20H19N3O2/c1-11-9-24-19(21-11)15-7-3-5-13-14-6-4-8-16(18(14)23-17(13)15)20-22-12(2)10-25-20/h3-8,11-12,23H,9-10H2,1-2H3/t11-,12-/m0/s1. The molecule has 3 heterocycles. The smallest absolute Gasteiger partial charge is 0.218 e. The lowest BCUT2D eigenvalue weighted by atomic mass is 10.1. The van der Waals surface area contributed by atoms with Gasteiger partial charge in [-0.05, 0) is 26.0 Å². The fourth-order valence-corrected chi connectivity index (χ4v) is 3.55. The third-order valence-corrected chi connectivity index (χ3v) is 4.73. The number of H-pyrrole nitrogens is 1. The van der Waals surface area contributed by atoms with Gasteiger partial charge in [0, 0.05) is 10.8 Å². The normalized spacial score (nSPS) is 22.8. The topological polar surface area (TPSA) is 59.0 Å². The van der Waals surface area contributed by atoms with Gasteiger partial charge in [0.25, 0.3) is 0 Å². The molecule has 0 spiro atoms. The van der Waals surface area contributed by atoms with E-state index in [4.69, 9.17) is 9.47 Å². The molecule has 0 bridgehead atoms. The maximum atomic E-state index is 5.78. The van der Waals surface area contributed by atoms with Gasteiger partial charge in [-0.2, -0.15) is 0 Å². The second kappa shape index (κ2) is 5.34. The molecule has 0 saturated carbocycles.